The highest BCUT2D eigenvalue weighted by Crippen LogP contribution is 2.64. The summed E-state index contributed by atoms with van der Waals surface area (Å²) in [5, 5.41) is 0. The molecule has 16 aromatic carbocycles. The van der Waals surface area contributed by atoms with Crippen molar-refractivity contribution in [2.75, 3.05) is 34.3 Å². The zero-order valence-electron chi connectivity index (χ0n) is 58.7. The fourth-order valence-corrected chi connectivity index (χ4v) is 19.0. The molecule has 0 amide bonds. The van der Waals surface area contributed by atoms with Gasteiger partial charge >= 0.3 is 0 Å². The zero-order chi connectivity index (χ0) is 71.1. The zero-order valence-corrected chi connectivity index (χ0v) is 58.7. The highest BCUT2D eigenvalue weighted by Gasteiger charge is 2.54. The van der Waals surface area contributed by atoms with Gasteiger partial charge in [-0.05, 0) is 183 Å². The molecule has 0 aromatic heterocycles. The van der Waals surface area contributed by atoms with Gasteiger partial charge < -0.3 is 43.6 Å². The van der Waals surface area contributed by atoms with Crippen LogP contribution in [0.25, 0.3) is 0 Å². The van der Waals surface area contributed by atoms with Crippen LogP contribution in [-0.2, 0) is 0 Å². The van der Waals surface area contributed by atoms with E-state index in [9.17, 15) is 0 Å². The lowest BCUT2D eigenvalue weighted by Crippen LogP contribution is -2.68. The maximum absolute atomic E-state index is 7.80. The van der Waals surface area contributed by atoms with Gasteiger partial charge in [-0.2, -0.15) is 0 Å². The number of nitrogens with zero attached hydrogens (tertiary/aromatic N) is 7. The van der Waals surface area contributed by atoms with Crippen molar-refractivity contribution in [1.82, 2.24) is 0 Å². The molecular formula is C96H60B3N7O3. The number of fused-ring (bicyclic) bond motifs is 18. The summed E-state index contributed by atoms with van der Waals surface area (Å²) in [7, 11) is 0. The maximum Gasteiger partial charge on any atom is 0.256 e. The molecule has 0 unspecified atom stereocenters. The Kier molecular flexibility index (Phi) is 12.7. The first-order chi connectivity index (χ1) is 54.1. The number of ether oxygens (including phenoxy) is 3. The molecule has 0 saturated carbocycles. The molecule has 8 aliphatic rings. The molecule has 0 radical (unpaired) electrons. The number of rotatable bonds is 9. The van der Waals surface area contributed by atoms with Gasteiger partial charge in [0.05, 0.1) is 34.1 Å². The summed E-state index contributed by atoms with van der Waals surface area (Å²) in [5.74, 6) is 4.57. The average molecular weight is 1390 g/mol. The summed E-state index contributed by atoms with van der Waals surface area (Å²) < 4.78 is 23.2. The quantitative estimate of drug-likeness (QED) is 0.131. The van der Waals surface area contributed by atoms with Gasteiger partial charge in [0.1, 0.15) is 28.7 Å². The average Bonchev–Trinajstić information content (AvgIpc) is 0.668. The first kappa shape index (κ1) is 60.0. The second kappa shape index (κ2) is 23.1. The van der Waals surface area contributed by atoms with Gasteiger partial charge in [-0.25, -0.2) is 0 Å². The van der Waals surface area contributed by atoms with E-state index in [1.54, 1.807) is 0 Å². The van der Waals surface area contributed by atoms with Crippen LogP contribution in [0.15, 0.2) is 364 Å². The van der Waals surface area contributed by atoms with Crippen LogP contribution >= 0.6 is 0 Å². The van der Waals surface area contributed by atoms with E-state index in [0.717, 1.165) is 170 Å². The lowest BCUT2D eigenvalue weighted by Gasteiger charge is -2.49. The molecule has 506 valence electrons. The second-order valence-electron chi connectivity index (χ2n) is 29.0. The summed E-state index contributed by atoms with van der Waals surface area (Å²) in [6, 6.07) is 132. The monoisotopic (exact) mass is 1390 g/mol. The van der Waals surface area contributed by atoms with Gasteiger partial charge in [0, 0.05) is 110 Å². The topological polar surface area (TPSA) is 50.4 Å². The third-order valence-corrected chi connectivity index (χ3v) is 23.3. The van der Waals surface area contributed by atoms with Crippen LogP contribution in [0.5, 0.6) is 34.5 Å². The van der Waals surface area contributed by atoms with Crippen molar-refractivity contribution < 1.29 is 14.2 Å². The first-order valence-electron chi connectivity index (χ1n) is 37.4. The highest BCUT2D eigenvalue weighted by molar-refractivity contribution is 7.05. The fraction of sp³-hybridized carbons (Fsp3) is 0. The normalized spacial score (nSPS) is 13.8. The van der Waals surface area contributed by atoms with Gasteiger partial charge in [0.2, 0.25) is 0 Å². The SMILES string of the molecule is c1ccc(N(c2ccccc2)c2cc3c4c(c2)N(c2ccccc2)c2ccccc2B4c2cc4c(cc2O3)N(c2ccccc2)c2cc3c5c6c2B4c2ccccc2N6c2ccccc2B5c2cc4c(cc2O3)Oc2cc(N(c3ccccc3)c3ccccc3)cc3c2N4c2ccccc2N3c2ccccc2)cc1. The van der Waals surface area contributed by atoms with Crippen molar-refractivity contribution in [3.63, 3.8) is 0 Å². The lowest BCUT2D eigenvalue weighted by molar-refractivity contribution is 0.459. The van der Waals surface area contributed by atoms with Crippen LogP contribution in [-0.4, -0.2) is 20.1 Å². The standard InChI is InChI=1S/C96H60B3N7O3/c1-8-30-61(31-9-1)100(62-32-10-2-11-33-62)68-52-83-92-89(54-68)107-86-58-81-73(56-74(86)98(92)70-44-22-25-47-76(70)102(83)65-38-16-5-17-39-65)97-71-45-23-26-48-77(71)105-78-49-27-24-46-72(78)99-75-57-82-88(60-87(75)108-90-59-84(93(97)96(105)94(90)99)104(81)67-42-20-7-21-43-67)109-91-55-69(101(63-34-12-3-13-35-63)64-36-14-4-15-37-64)53-85-95(91)106(82)80-51-29-28-50-79(80)103(85)66-40-18-6-19-41-66/h1-60H. The highest BCUT2D eigenvalue weighted by atomic mass is 16.5. The molecule has 10 nitrogen and oxygen atoms in total. The smallest absolute Gasteiger partial charge is 0.256 e. The van der Waals surface area contributed by atoms with E-state index in [2.05, 4.69) is 398 Å². The Balaban J connectivity index is 0.724. The largest absolute Gasteiger partial charge is 0.458 e. The van der Waals surface area contributed by atoms with Crippen LogP contribution in [0.3, 0.4) is 0 Å². The van der Waals surface area contributed by atoms with Crippen LogP contribution in [0, 0.1) is 0 Å². The molecule has 0 fully saturated rings. The molecule has 24 rings (SSSR count). The Bertz CT molecular complexity index is 6400. The molecule has 0 aliphatic carbocycles. The van der Waals surface area contributed by atoms with E-state index in [1.165, 1.54) is 27.3 Å². The Morgan fingerprint density at radius 1 is 0.183 bits per heavy atom. The van der Waals surface area contributed by atoms with Crippen molar-refractivity contribution in [3.05, 3.63) is 364 Å². The lowest BCUT2D eigenvalue weighted by atomic mass is 9.28. The summed E-state index contributed by atoms with van der Waals surface area (Å²) in [6.07, 6.45) is 0. The Hall–Kier alpha value is -14.3. The molecule has 0 N–H and O–H groups in total. The minimum Gasteiger partial charge on any atom is -0.458 e. The summed E-state index contributed by atoms with van der Waals surface area (Å²) >= 11 is 0. The van der Waals surface area contributed by atoms with Crippen molar-refractivity contribution in [2.45, 2.75) is 0 Å². The molecular weight excluding hydrogens is 1330 g/mol. The predicted molar refractivity (Wildman–Crippen MR) is 450 cm³/mol. The molecule has 109 heavy (non-hydrogen) atoms. The maximum atomic E-state index is 7.80. The van der Waals surface area contributed by atoms with E-state index in [0.29, 0.717) is 5.75 Å². The fourth-order valence-electron chi connectivity index (χ4n) is 19.0. The summed E-state index contributed by atoms with van der Waals surface area (Å²) in [4.78, 5) is 17.0. The third-order valence-electron chi connectivity index (χ3n) is 23.3. The number of anilines is 21. The van der Waals surface area contributed by atoms with Gasteiger partial charge in [-0.3, -0.25) is 4.90 Å². The minimum absolute atomic E-state index is 0.206. The van der Waals surface area contributed by atoms with Crippen LogP contribution in [0.1, 0.15) is 0 Å². The van der Waals surface area contributed by atoms with Gasteiger partial charge in [0.25, 0.3) is 20.1 Å². The van der Waals surface area contributed by atoms with Crippen molar-refractivity contribution in [1.29, 1.82) is 0 Å². The second-order valence-corrected chi connectivity index (χ2v) is 29.0. The van der Waals surface area contributed by atoms with Crippen LogP contribution in [0.4, 0.5) is 119 Å². The molecule has 13 heteroatoms. The Morgan fingerprint density at radius 2 is 0.532 bits per heavy atom. The van der Waals surface area contributed by atoms with Crippen molar-refractivity contribution >= 4 is 189 Å². The molecule has 16 aromatic rings. The number of para-hydroxylation sites is 12. The number of benzene rings is 16. The number of hydrogen-bond acceptors (Lipinski definition) is 10. The van der Waals surface area contributed by atoms with Gasteiger partial charge in [0.15, 0.2) is 11.5 Å². The summed E-state index contributed by atoms with van der Waals surface area (Å²) in [5.41, 5.74) is 32.4. The molecule has 0 saturated heterocycles. The van der Waals surface area contributed by atoms with E-state index >= 15 is 0 Å². The van der Waals surface area contributed by atoms with Crippen LogP contribution < -0.4 is 97.7 Å². The predicted octanol–water partition coefficient (Wildman–Crippen LogP) is 19.4. The van der Waals surface area contributed by atoms with Crippen molar-refractivity contribution in [3.8, 4) is 34.5 Å². The Labute approximate surface area is 631 Å². The van der Waals surface area contributed by atoms with E-state index in [4.69, 9.17) is 14.2 Å². The molecule has 0 bridgehead atoms. The number of hydrogen-bond donors (Lipinski definition) is 0. The minimum atomic E-state index is -0.258. The molecule has 0 spiro atoms. The van der Waals surface area contributed by atoms with Gasteiger partial charge in [-0.15, -0.1) is 0 Å². The molecule has 8 aliphatic heterocycles. The molecule has 8 heterocycles. The van der Waals surface area contributed by atoms with Gasteiger partial charge in [-0.1, -0.05) is 200 Å². The summed E-state index contributed by atoms with van der Waals surface area (Å²) in [6.45, 7) is -0.688. The van der Waals surface area contributed by atoms with E-state index in [1.807, 2.05) is 0 Å². The van der Waals surface area contributed by atoms with Crippen LogP contribution in [0.2, 0.25) is 0 Å². The van der Waals surface area contributed by atoms with E-state index in [-0.39, 0.29) is 20.1 Å². The van der Waals surface area contributed by atoms with Crippen molar-refractivity contribution in [2.24, 2.45) is 0 Å². The third kappa shape index (κ3) is 8.66. The Morgan fingerprint density at radius 3 is 1.06 bits per heavy atom. The van der Waals surface area contributed by atoms with E-state index < -0.39 is 0 Å². The first-order valence-corrected chi connectivity index (χ1v) is 37.4. The molecule has 0 atom stereocenters.